The monoisotopic (exact) mass is 300 g/mol. The Balaban J connectivity index is 1.94. The number of methoxy groups -OCH3 is 1. The van der Waals surface area contributed by atoms with Crippen LogP contribution in [0.2, 0.25) is 0 Å². The van der Waals surface area contributed by atoms with E-state index in [-0.39, 0.29) is 12.6 Å². The smallest absolute Gasteiger partial charge is 0.340 e. The SMILES string of the molecule is COC(=O)c1ccsc1N1CCN(CC(O)CO)CC1. The van der Waals surface area contributed by atoms with Crippen molar-refractivity contribution < 1.29 is 19.7 Å². The van der Waals surface area contributed by atoms with Crippen LogP contribution in [-0.2, 0) is 4.74 Å². The van der Waals surface area contributed by atoms with Crippen molar-refractivity contribution in [2.24, 2.45) is 0 Å². The van der Waals surface area contributed by atoms with Crippen LogP contribution in [0.5, 0.6) is 0 Å². The number of esters is 1. The molecule has 1 aliphatic heterocycles. The van der Waals surface area contributed by atoms with Gasteiger partial charge in [0.2, 0.25) is 0 Å². The molecule has 20 heavy (non-hydrogen) atoms. The van der Waals surface area contributed by atoms with Crippen molar-refractivity contribution in [3.63, 3.8) is 0 Å². The molecule has 1 saturated heterocycles. The average Bonchev–Trinajstić information content (AvgIpc) is 2.96. The summed E-state index contributed by atoms with van der Waals surface area (Å²) >= 11 is 1.54. The largest absolute Gasteiger partial charge is 0.465 e. The van der Waals surface area contributed by atoms with E-state index in [1.54, 1.807) is 6.07 Å². The van der Waals surface area contributed by atoms with Gasteiger partial charge in [-0.3, -0.25) is 4.90 Å². The molecular weight excluding hydrogens is 280 g/mol. The number of β-amino-alcohol motifs (C(OH)–C–C–N with tert-alkyl or cyclic N) is 1. The number of aliphatic hydroxyl groups excluding tert-OH is 2. The number of thiophene rings is 1. The lowest BCUT2D eigenvalue weighted by Gasteiger charge is -2.36. The van der Waals surface area contributed by atoms with Crippen molar-refractivity contribution in [3.05, 3.63) is 17.0 Å². The van der Waals surface area contributed by atoms with Gasteiger partial charge in [-0.25, -0.2) is 4.79 Å². The predicted octanol–water partition coefficient (Wildman–Crippen LogP) is 0.00990. The van der Waals surface area contributed by atoms with Crippen molar-refractivity contribution in [1.82, 2.24) is 4.90 Å². The molecule has 2 N–H and O–H groups in total. The van der Waals surface area contributed by atoms with Crippen LogP contribution >= 0.6 is 11.3 Å². The molecule has 1 fully saturated rings. The molecule has 0 bridgehead atoms. The third-order valence-corrected chi connectivity index (χ3v) is 4.36. The molecule has 1 aromatic rings. The number of nitrogens with zero attached hydrogens (tertiary/aromatic N) is 2. The first-order valence-electron chi connectivity index (χ1n) is 6.57. The van der Waals surface area contributed by atoms with Gasteiger partial charge >= 0.3 is 5.97 Å². The number of carbonyl (C=O) groups is 1. The van der Waals surface area contributed by atoms with E-state index in [2.05, 4.69) is 9.80 Å². The van der Waals surface area contributed by atoms with Gasteiger partial charge in [0.25, 0.3) is 0 Å². The number of rotatable bonds is 5. The summed E-state index contributed by atoms with van der Waals surface area (Å²) in [6.45, 7) is 3.47. The maximum atomic E-state index is 11.7. The summed E-state index contributed by atoms with van der Waals surface area (Å²) in [5.74, 6) is -0.306. The van der Waals surface area contributed by atoms with E-state index in [4.69, 9.17) is 9.84 Å². The minimum absolute atomic E-state index is 0.211. The Morgan fingerprint density at radius 1 is 1.45 bits per heavy atom. The number of carbonyl (C=O) groups excluding carboxylic acids is 1. The Labute approximate surface area is 122 Å². The summed E-state index contributed by atoms with van der Waals surface area (Å²) in [7, 11) is 1.39. The number of piperazine rings is 1. The molecule has 2 heterocycles. The number of aliphatic hydroxyl groups is 2. The molecule has 0 aliphatic carbocycles. The predicted molar refractivity (Wildman–Crippen MR) is 77.4 cm³/mol. The van der Waals surface area contributed by atoms with Gasteiger partial charge in [0, 0.05) is 32.7 Å². The first-order valence-corrected chi connectivity index (χ1v) is 7.45. The number of anilines is 1. The van der Waals surface area contributed by atoms with E-state index in [1.165, 1.54) is 18.4 Å². The second-order valence-corrected chi connectivity index (χ2v) is 5.65. The third-order valence-electron chi connectivity index (χ3n) is 3.39. The van der Waals surface area contributed by atoms with Crippen molar-refractivity contribution in [1.29, 1.82) is 0 Å². The Bertz CT molecular complexity index is 443. The maximum Gasteiger partial charge on any atom is 0.340 e. The van der Waals surface area contributed by atoms with Crippen LogP contribution in [0.25, 0.3) is 0 Å². The van der Waals surface area contributed by atoms with E-state index < -0.39 is 6.10 Å². The van der Waals surface area contributed by atoms with Gasteiger partial charge < -0.3 is 19.8 Å². The molecule has 0 amide bonds. The van der Waals surface area contributed by atoms with Crippen LogP contribution in [-0.4, -0.2) is 73.6 Å². The topological polar surface area (TPSA) is 73.2 Å². The fourth-order valence-electron chi connectivity index (χ4n) is 2.30. The minimum Gasteiger partial charge on any atom is -0.465 e. The van der Waals surface area contributed by atoms with Gasteiger partial charge in [0.1, 0.15) is 5.00 Å². The van der Waals surface area contributed by atoms with Crippen LogP contribution in [0.15, 0.2) is 11.4 Å². The molecule has 2 rings (SSSR count). The zero-order chi connectivity index (χ0) is 14.5. The zero-order valence-corrected chi connectivity index (χ0v) is 12.3. The fourth-order valence-corrected chi connectivity index (χ4v) is 3.24. The highest BCUT2D eigenvalue weighted by Gasteiger charge is 2.23. The molecule has 1 atom stereocenters. The number of ether oxygens (including phenoxy) is 1. The molecule has 112 valence electrons. The molecule has 0 saturated carbocycles. The lowest BCUT2D eigenvalue weighted by Crippen LogP contribution is -2.49. The van der Waals surface area contributed by atoms with Crippen molar-refractivity contribution in [2.75, 3.05) is 51.3 Å². The third kappa shape index (κ3) is 3.49. The lowest BCUT2D eigenvalue weighted by atomic mass is 10.2. The van der Waals surface area contributed by atoms with Crippen molar-refractivity contribution >= 4 is 22.3 Å². The summed E-state index contributed by atoms with van der Waals surface area (Å²) in [4.78, 5) is 16.0. The maximum absolute atomic E-state index is 11.7. The number of hydrogen-bond donors (Lipinski definition) is 2. The van der Waals surface area contributed by atoms with Crippen LogP contribution in [0, 0.1) is 0 Å². The molecule has 0 aromatic carbocycles. The molecule has 1 unspecified atom stereocenters. The Morgan fingerprint density at radius 3 is 2.75 bits per heavy atom. The molecule has 1 aliphatic rings. The quantitative estimate of drug-likeness (QED) is 0.746. The van der Waals surface area contributed by atoms with Crippen molar-refractivity contribution in [2.45, 2.75) is 6.10 Å². The Morgan fingerprint density at radius 2 is 2.15 bits per heavy atom. The van der Waals surface area contributed by atoms with Gasteiger partial charge in [-0.05, 0) is 11.4 Å². The average molecular weight is 300 g/mol. The minimum atomic E-state index is -0.686. The lowest BCUT2D eigenvalue weighted by molar-refractivity contribution is 0.0573. The Hall–Kier alpha value is -1.15. The number of hydrogen-bond acceptors (Lipinski definition) is 7. The van der Waals surface area contributed by atoms with Crippen LogP contribution in [0.4, 0.5) is 5.00 Å². The summed E-state index contributed by atoms with van der Waals surface area (Å²) in [5.41, 5.74) is 0.612. The van der Waals surface area contributed by atoms with Crippen LogP contribution in [0.1, 0.15) is 10.4 Å². The van der Waals surface area contributed by atoms with Gasteiger partial charge in [0.15, 0.2) is 0 Å². The van der Waals surface area contributed by atoms with E-state index >= 15 is 0 Å². The molecule has 0 spiro atoms. The summed E-state index contributed by atoms with van der Waals surface area (Å²) in [6.07, 6.45) is -0.686. The summed E-state index contributed by atoms with van der Waals surface area (Å²) in [5, 5.41) is 21.1. The molecule has 1 aromatic heterocycles. The molecule has 6 nitrogen and oxygen atoms in total. The fraction of sp³-hybridized carbons (Fsp3) is 0.615. The highest BCUT2D eigenvalue weighted by atomic mass is 32.1. The van der Waals surface area contributed by atoms with E-state index in [0.717, 1.165) is 31.2 Å². The van der Waals surface area contributed by atoms with E-state index in [0.29, 0.717) is 12.1 Å². The van der Waals surface area contributed by atoms with Gasteiger partial charge in [-0.15, -0.1) is 11.3 Å². The standard InChI is InChI=1S/C13H20N2O4S/c1-19-13(18)11-2-7-20-12(11)15-5-3-14(4-6-15)8-10(17)9-16/h2,7,10,16-17H,3-6,8-9H2,1H3. The second kappa shape index (κ2) is 7.03. The highest BCUT2D eigenvalue weighted by Crippen LogP contribution is 2.29. The molecule has 0 radical (unpaired) electrons. The second-order valence-electron chi connectivity index (χ2n) is 4.76. The van der Waals surface area contributed by atoms with Gasteiger partial charge in [-0.1, -0.05) is 0 Å². The van der Waals surface area contributed by atoms with Crippen molar-refractivity contribution in [3.8, 4) is 0 Å². The van der Waals surface area contributed by atoms with Gasteiger partial charge in [0.05, 0.1) is 25.4 Å². The first kappa shape index (κ1) is 15.2. The molecule has 7 heteroatoms. The first-order chi connectivity index (χ1) is 9.65. The van der Waals surface area contributed by atoms with E-state index in [9.17, 15) is 9.90 Å². The highest BCUT2D eigenvalue weighted by molar-refractivity contribution is 7.14. The molecular formula is C13H20N2O4S. The van der Waals surface area contributed by atoms with Crippen LogP contribution in [0.3, 0.4) is 0 Å². The summed E-state index contributed by atoms with van der Waals surface area (Å²) < 4.78 is 4.78. The van der Waals surface area contributed by atoms with Gasteiger partial charge in [-0.2, -0.15) is 0 Å². The van der Waals surface area contributed by atoms with E-state index in [1.807, 2.05) is 5.38 Å². The zero-order valence-electron chi connectivity index (χ0n) is 11.5. The summed E-state index contributed by atoms with van der Waals surface area (Å²) in [6, 6.07) is 1.79. The Kier molecular flexibility index (Phi) is 5.36. The normalized spacial score (nSPS) is 18.1. The van der Waals surface area contributed by atoms with Crippen LogP contribution < -0.4 is 4.90 Å².